The maximum atomic E-state index is 14.6. The minimum absolute atomic E-state index is 0.0830. The Kier molecular flexibility index (Phi) is 6.60. The fourth-order valence-corrected chi connectivity index (χ4v) is 4.45. The zero-order chi connectivity index (χ0) is 25.3. The third-order valence-corrected chi connectivity index (χ3v) is 6.06. The summed E-state index contributed by atoms with van der Waals surface area (Å²) >= 11 is 0. The summed E-state index contributed by atoms with van der Waals surface area (Å²) in [5.74, 6) is -0.909. The van der Waals surface area contributed by atoms with Crippen LogP contribution in [-0.2, 0) is 14.3 Å². The lowest BCUT2D eigenvalue weighted by Gasteiger charge is -2.18. The predicted molar refractivity (Wildman–Crippen MR) is 133 cm³/mol. The van der Waals surface area contributed by atoms with Crippen molar-refractivity contribution >= 4 is 23.6 Å². The fourth-order valence-electron chi connectivity index (χ4n) is 4.45. The summed E-state index contributed by atoms with van der Waals surface area (Å²) in [5.41, 5.74) is 4.23. The molecule has 1 aliphatic heterocycles. The molecule has 4 rings (SSSR count). The van der Waals surface area contributed by atoms with E-state index >= 15 is 0 Å². The van der Waals surface area contributed by atoms with Crippen LogP contribution < -0.4 is 9.64 Å². The molecular weight excluding hydrogens is 447 g/mol. The molecule has 6 nitrogen and oxygen atoms in total. The lowest BCUT2D eigenvalue weighted by molar-refractivity contribution is -0.136. The van der Waals surface area contributed by atoms with Gasteiger partial charge in [0, 0.05) is 22.8 Å². The molecule has 0 unspecified atom stereocenters. The number of para-hydroxylation sites is 1. The number of benzene rings is 2. The van der Waals surface area contributed by atoms with Crippen molar-refractivity contribution in [2.45, 2.75) is 27.7 Å². The molecule has 1 amide bonds. The molecule has 7 heteroatoms. The number of esters is 1. The van der Waals surface area contributed by atoms with Crippen LogP contribution in [-0.4, -0.2) is 30.2 Å². The van der Waals surface area contributed by atoms with Gasteiger partial charge in [-0.3, -0.25) is 9.69 Å². The summed E-state index contributed by atoms with van der Waals surface area (Å²) in [6, 6.07) is 15.7. The predicted octanol–water partition coefficient (Wildman–Crippen LogP) is 5.51. The number of anilines is 1. The van der Waals surface area contributed by atoms with Gasteiger partial charge in [0.15, 0.2) is 0 Å². The number of nitrogens with zero attached hydrogens (tertiary/aromatic N) is 2. The first-order valence-electron chi connectivity index (χ1n) is 11.3. The number of ether oxygens (including phenoxy) is 2. The molecule has 3 aromatic rings. The first-order chi connectivity index (χ1) is 16.8. The largest absolute Gasteiger partial charge is 0.494 e. The Hall–Kier alpha value is -4.13. The van der Waals surface area contributed by atoms with Gasteiger partial charge in [-0.05, 0) is 81.8 Å². The molecule has 0 aliphatic carbocycles. The number of rotatable bonds is 6. The Labute approximate surface area is 203 Å². The maximum Gasteiger partial charge on any atom is 0.340 e. The summed E-state index contributed by atoms with van der Waals surface area (Å²) in [5, 5.41) is 0. The van der Waals surface area contributed by atoms with Crippen molar-refractivity contribution in [1.29, 1.82) is 0 Å². The maximum absolute atomic E-state index is 14.6. The van der Waals surface area contributed by atoms with Crippen molar-refractivity contribution in [3.8, 4) is 11.4 Å². The van der Waals surface area contributed by atoms with Crippen molar-refractivity contribution in [2.75, 3.05) is 18.6 Å². The zero-order valence-corrected chi connectivity index (χ0v) is 20.4. The third kappa shape index (κ3) is 4.25. The van der Waals surface area contributed by atoms with E-state index in [9.17, 15) is 14.0 Å². The minimum atomic E-state index is -0.652. The van der Waals surface area contributed by atoms with Crippen LogP contribution in [0.5, 0.6) is 5.75 Å². The molecule has 0 radical (unpaired) electrons. The first-order valence-corrected chi connectivity index (χ1v) is 11.3. The topological polar surface area (TPSA) is 60.8 Å². The van der Waals surface area contributed by atoms with Gasteiger partial charge in [-0.1, -0.05) is 12.1 Å². The van der Waals surface area contributed by atoms with Crippen LogP contribution in [0.1, 0.15) is 30.8 Å². The third-order valence-electron chi connectivity index (χ3n) is 6.06. The summed E-state index contributed by atoms with van der Waals surface area (Å²) < 4.78 is 27.1. The van der Waals surface area contributed by atoms with E-state index in [0.29, 0.717) is 12.3 Å². The van der Waals surface area contributed by atoms with Crippen LogP contribution in [0.25, 0.3) is 11.8 Å². The van der Waals surface area contributed by atoms with Crippen LogP contribution in [0.4, 0.5) is 10.1 Å². The first kappa shape index (κ1) is 24.0. The van der Waals surface area contributed by atoms with Gasteiger partial charge in [0.2, 0.25) is 0 Å². The Morgan fingerprint density at radius 3 is 2.37 bits per heavy atom. The number of methoxy groups -OCH3 is 1. The average molecular weight is 475 g/mol. The van der Waals surface area contributed by atoms with Crippen LogP contribution in [0.3, 0.4) is 0 Å². The van der Waals surface area contributed by atoms with Crippen LogP contribution in [0, 0.1) is 19.7 Å². The number of aromatic nitrogens is 1. The van der Waals surface area contributed by atoms with E-state index < -0.39 is 17.7 Å². The number of aryl methyl sites for hydroxylation is 1. The second-order valence-electron chi connectivity index (χ2n) is 8.19. The minimum Gasteiger partial charge on any atom is -0.494 e. The van der Waals surface area contributed by atoms with Crippen molar-refractivity contribution in [3.05, 3.63) is 94.2 Å². The number of carbonyl (C=O) groups is 2. The zero-order valence-electron chi connectivity index (χ0n) is 20.4. The van der Waals surface area contributed by atoms with E-state index in [1.54, 1.807) is 25.1 Å². The Balaban J connectivity index is 1.81. The molecule has 0 spiro atoms. The van der Waals surface area contributed by atoms with Crippen LogP contribution >= 0.6 is 0 Å². The highest BCUT2D eigenvalue weighted by Gasteiger charge is 2.39. The number of halogens is 1. The number of carbonyl (C=O) groups excluding carboxylic acids is 2. The highest BCUT2D eigenvalue weighted by Crippen LogP contribution is 2.37. The monoisotopic (exact) mass is 474 g/mol. The van der Waals surface area contributed by atoms with Gasteiger partial charge in [-0.2, -0.15) is 0 Å². The Bertz CT molecular complexity index is 1370. The van der Waals surface area contributed by atoms with Crippen molar-refractivity contribution in [2.24, 2.45) is 0 Å². The summed E-state index contributed by atoms with van der Waals surface area (Å²) in [6.07, 6.45) is 1.67. The molecule has 1 aromatic heterocycles. The smallest absolute Gasteiger partial charge is 0.340 e. The normalized spacial score (nSPS) is 14.7. The van der Waals surface area contributed by atoms with Crippen LogP contribution in [0.15, 0.2) is 71.4 Å². The highest BCUT2D eigenvalue weighted by molar-refractivity contribution is 6.23. The van der Waals surface area contributed by atoms with E-state index in [-0.39, 0.29) is 16.8 Å². The van der Waals surface area contributed by atoms with E-state index in [1.807, 2.05) is 51.1 Å². The number of amides is 1. The van der Waals surface area contributed by atoms with Gasteiger partial charge >= 0.3 is 5.97 Å². The lowest BCUT2D eigenvalue weighted by Crippen LogP contribution is -2.25. The molecule has 0 fully saturated rings. The molecule has 0 atom stereocenters. The van der Waals surface area contributed by atoms with Gasteiger partial charge in [-0.25, -0.2) is 9.18 Å². The highest BCUT2D eigenvalue weighted by atomic mass is 19.1. The van der Waals surface area contributed by atoms with Gasteiger partial charge in [0.25, 0.3) is 5.91 Å². The summed E-state index contributed by atoms with van der Waals surface area (Å²) in [6.45, 7) is 8.05. The average Bonchev–Trinajstić information content (AvgIpc) is 3.26. The number of hydrogen-bond donors (Lipinski definition) is 0. The quantitative estimate of drug-likeness (QED) is 0.349. The molecule has 2 heterocycles. The van der Waals surface area contributed by atoms with Gasteiger partial charge in [0.05, 0.1) is 30.6 Å². The van der Waals surface area contributed by atoms with E-state index in [1.165, 1.54) is 24.1 Å². The molecular formula is C28H27FN2O4. The van der Waals surface area contributed by atoms with E-state index in [2.05, 4.69) is 4.57 Å². The number of hydrogen-bond acceptors (Lipinski definition) is 4. The Morgan fingerprint density at radius 2 is 1.74 bits per heavy atom. The van der Waals surface area contributed by atoms with Crippen molar-refractivity contribution in [3.63, 3.8) is 0 Å². The van der Waals surface area contributed by atoms with Gasteiger partial charge in [0.1, 0.15) is 11.6 Å². The van der Waals surface area contributed by atoms with Crippen LogP contribution in [0.2, 0.25) is 0 Å². The molecule has 0 saturated heterocycles. The molecule has 0 N–H and O–H groups in total. The second kappa shape index (κ2) is 9.62. The van der Waals surface area contributed by atoms with Crippen molar-refractivity contribution in [1.82, 2.24) is 4.57 Å². The molecule has 180 valence electrons. The second-order valence-corrected chi connectivity index (χ2v) is 8.19. The molecule has 0 saturated carbocycles. The molecule has 0 bridgehead atoms. The number of allylic oxidation sites excluding steroid dienone is 1. The molecule has 1 aliphatic rings. The fraction of sp³-hybridized carbons (Fsp3) is 0.214. The summed E-state index contributed by atoms with van der Waals surface area (Å²) in [4.78, 5) is 27.4. The van der Waals surface area contributed by atoms with Gasteiger partial charge < -0.3 is 14.0 Å². The van der Waals surface area contributed by atoms with E-state index in [4.69, 9.17) is 9.47 Å². The Morgan fingerprint density at radius 1 is 1.06 bits per heavy atom. The summed E-state index contributed by atoms with van der Waals surface area (Å²) in [7, 11) is 1.26. The molecule has 35 heavy (non-hydrogen) atoms. The van der Waals surface area contributed by atoms with E-state index in [0.717, 1.165) is 28.4 Å². The SMILES string of the molecule is CCOc1ccc(-n2c(C)cc(/C=C3\C(=O)N(c4ccccc4F)C(C)=C3C(=O)OC)c2C)cc1. The molecule has 2 aromatic carbocycles. The standard InChI is InChI=1S/C28H27FN2O4/c1-6-35-22-13-11-21(12-14-22)30-17(2)15-20(18(30)3)16-23-26(28(33)34-5)19(4)31(27(23)32)25-10-8-7-9-24(25)29/h7-16H,6H2,1-5H3/b23-16-. The lowest BCUT2D eigenvalue weighted by atomic mass is 10.0. The van der Waals surface area contributed by atoms with Gasteiger partial charge in [-0.15, -0.1) is 0 Å². The van der Waals surface area contributed by atoms with Crippen molar-refractivity contribution < 1.29 is 23.5 Å².